The van der Waals surface area contributed by atoms with Gasteiger partial charge in [0.1, 0.15) is 17.0 Å². The largest absolute Gasteiger partial charge is 0.493 e. The van der Waals surface area contributed by atoms with Gasteiger partial charge in [-0.25, -0.2) is 9.78 Å². The Morgan fingerprint density at radius 2 is 1.67 bits per heavy atom. The van der Waals surface area contributed by atoms with Crippen molar-refractivity contribution in [3.8, 4) is 28.5 Å². The molecule has 0 aliphatic heterocycles. The average Bonchev–Trinajstić information content (AvgIpc) is 2.85. The van der Waals surface area contributed by atoms with Crippen LogP contribution in [0.1, 0.15) is 47.1 Å². The summed E-state index contributed by atoms with van der Waals surface area (Å²) in [6, 6.07) is 11.7. The zero-order valence-electron chi connectivity index (χ0n) is 22.7. The van der Waals surface area contributed by atoms with Crippen LogP contribution in [0.5, 0.6) is 5.75 Å². The first-order valence-electron chi connectivity index (χ1n) is 12.4. The summed E-state index contributed by atoms with van der Waals surface area (Å²) in [6.07, 6.45) is -4.70. The lowest BCUT2D eigenvalue weighted by molar-refractivity contribution is -0.217. The number of hydrogen-bond acceptors (Lipinski definition) is 5. The highest BCUT2D eigenvalue weighted by Crippen LogP contribution is 2.39. The molecule has 39 heavy (non-hydrogen) atoms. The third kappa shape index (κ3) is 7.38. The highest BCUT2D eigenvalue weighted by molar-refractivity contribution is 6.33. The van der Waals surface area contributed by atoms with Gasteiger partial charge in [0.2, 0.25) is 5.91 Å². The summed E-state index contributed by atoms with van der Waals surface area (Å²) in [6.45, 7) is 10.0. The molecule has 0 saturated heterocycles. The van der Waals surface area contributed by atoms with Crippen molar-refractivity contribution < 1.29 is 22.7 Å². The standard InChI is InChI=1S/C28H32ClF3N4O3/c1-7-36(24(37)27(5,6)28(30,31)32)15-17-8-13-21(29)20(14-17)23-33-22(34-25(38)35-23)18-9-11-19(12-10-18)39-16-26(2,3)4/h8-14H,7,15-16H2,1-6H3,(H,33,34,35,38). The van der Waals surface area contributed by atoms with Gasteiger partial charge in [0, 0.05) is 24.2 Å². The summed E-state index contributed by atoms with van der Waals surface area (Å²) >= 11 is 6.41. The quantitative estimate of drug-likeness (QED) is 0.337. The van der Waals surface area contributed by atoms with Gasteiger partial charge in [-0.15, -0.1) is 0 Å². The van der Waals surface area contributed by atoms with Crippen molar-refractivity contribution in [1.82, 2.24) is 19.9 Å². The molecule has 7 nitrogen and oxygen atoms in total. The van der Waals surface area contributed by atoms with Gasteiger partial charge >= 0.3 is 11.9 Å². The van der Waals surface area contributed by atoms with E-state index in [0.717, 1.165) is 18.7 Å². The predicted molar refractivity (Wildman–Crippen MR) is 144 cm³/mol. The maximum Gasteiger partial charge on any atom is 0.402 e. The van der Waals surface area contributed by atoms with Gasteiger partial charge in [0.05, 0.1) is 11.6 Å². The summed E-state index contributed by atoms with van der Waals surface area (Å²) in [4.78, 5) is 37.3. The average molecular weight is 565 g/mol. The van der Waals surface area contributed by atoms with E-state index < -0.39 is 23.2 Å². The van der Waals surface area contributed by atoms with Crippen LogP contribution in [0.4, 0.5) is 13.2 Å². The van der Waals surface area contributed by atoms with E-state index in [0.29, 0.717) is 29.0 Å². The second kappa shape index (κ2) is 11.4. The van der Waals surface area contributed by atoms with Gasteiger partial charge in [0.25, 0.3) is 0 Å². The number of carbonyl (C=O) groups is 1. The molecule has 0 atom stereocenters. The van der Waals surface area contributed by atoms with E-state index in [1.165, 1.54) is 0 Å². The van der Waals surface area contributed by atoms with Crippen LogP contribution in [0.3, 0.4) is 0 Å². The van der Waals surface area contributed by atoms with E-state index in [9.17, 15) is 22.8 Å². The van der Waals surface area contributed by atoms with Gasteiger partial charge in [-0.3, -0.25) is 9.78 Å². The fraction of sp³-hybridized carbons (Fsp3) is 0.429. The molecule has 11 heteroatoms. The minimum Gasteiger partial charge on any atom is -0.493 e. The minimum atomic E-state index is -4.70. The maximum absolute atomic E-state index is 13.5. The van der Waals surface area contributed by atoms with Crippen LogP contribution < -0.4 is 10.4 Å². The molecule has 0 radical (unpaired) electrons. The molecule has 0 bridgehead atoms. The molecule has 210 valence electrons. The van der Waals surface area contributed by atoms with E-state index in [2.05, 4.69) is 35.7 Å². The Bertz CT molecular complexity index is 1380. The molecule has 0 fully saturated rings. The van der Waals surface area contributed by atoms with Crippen LogP contribution in [0, 0.1) is 10.8 Å². The third-order valence-electron chi connectivity index (χ3n) is 6.01. The Hall–Kier alpha value is -3.40. The monoisotopic (exact) mass is 564 g/mol. The molecule has 3 rings (SSSR count). The highest BCUT2D eigenvalue weighted by Gasteiger charge is 2.54. The topological polar surface area (TPSA) is 88.2 Å². The number of hydrogen-bond donors (Lipinski definition) is 1. The number of halogens is 4. The van der Waals surface area contributed by atoms with Crippen molar-refractivity contribution >= 4 is 17.5 Å². The van der Waals surface area contributed by atoms with Crippen LogP contribution in [0.15, 0.2) is 47.3 Å². The van der Waals surface area contributed by atoms with Crippen molar-refractivity contribution in [2.75, 3.05) is 13.2 Å². The predicted octanol–water partition coefficient (Wildman–Crippen LogP) is 6.51. The van der Waals surface area contributed by atoms with E-state index in [1.54, 1.807) is 49.4 Å². The zero-order chi connectivity index (χ0) is 29.2. The summed E-state index contributed by atoms with van der Waals surface area (Å²) in [5.74, 6) is -0.0790. The Morgan fingerprint density at radius 1 is 1.03 bits per heavy atom. The van der Waals surface area contributed by atoms with E-state index in [4.69, 9.17) is 16.3 Å². The molecule has 0 unspecified atom stereocenters. The number of rotatable bonds is 8. The first kappa shape index (κ1) is 30.1. The molecule has 1 amide bonds. The number of aromatic amines is 1. The smallest absolute Gasteiger partial charge is 0.402 e. The molecule has 1 aromatic heterocycles. The van der Waals surface area contributed by atoms with Crippen molar-refractivity contribution in [1.29, 1.82) is 0 Å². The number of ether oxygens (including phenoxy) is 1. The second-order valence-electron chi connectivity index (χ2n) is 11.0. The Kier molecular flexibility index (Phi) is 8.79. The van der Waals surface area contributed by atoms with Gasteiger partial charge in [-0.2, -0.15) is 18.2 Å². The molecule has 3 aromatic rings. The van der Waals surface area contributed by atoms with Crippen LogP contribution in [-0.4, -0.2) is 45.1 Å². The number of benzene rings is 2. The molecule has 0 aliphatic rings. The normalized spacial score (nSPS) is 12.4. The highest BCUT2D eigenvalue weighted by atomic mass is 35.5. The molecule has 0 saturated carbocycles. The number of alkyl halides is 3. The lowest BCUT2D eigenvalue weighted by atomic mass is 9.90. The van der Waals surface area contributed by atoms with Crippen LogP contribution >= 0.6 is 11.6 Å². The first-order chi connectivity index (χ1) is 18.0. The van der Waals surface area contributed by atoms with Crippen molar-refractivity contribution in [3.63, 3.8) is 0 Å². The molecule has 0 aliphatic carbocycles. The number of H-pyrrole nitrogens is 1. The molecule has 0 spiro atoms. The lowest BCUT2D eigenvalue weighted by Gasteiger charge is -2.32. The van der Waals surface area contributed by atoms with Gasteiger partial charge in [-0.1, -0.05) is 38.4 Å². The molecular formula is C28H32ClF3N4O3. The Morgan fingerprint density at radius 3 is 2.23 bits per heavy atom. The SMILES string of the molecule is CCN(Cc1ccc(Cl)c(-c2nc(-c3ccc(OCC(C)(C)C)cc3)nc(=O)[nH]2)c1)C(=O)C(C)(C)C(F)(F)F. The van der Waals surface area contributed by atoms with E-state index >= 15 is 0 Å². The fourth-order valence-corrected chi connectivity index (χ4v) is 3.76. The minimum absolute atomic E-state index is 0.00675. The summed E-state index contributed by atoms with van der Waals surface area (Å²) < 4.78 is 46.2. The number of amides is 1. The van der Waals surface area contributed by atoms with Gasteiger partial charge in [-0.05, 0) is 68.1 Å². The fourth-order valence-electron chi connectivity index (χ4n) is 3.56. The van der Waals surface area contributed by atoms with Crippen molar-refractivity contribution in [2.24, 2.45) is 10.8 Å². The molecule has 1 N–H and O–H groups in total. The Balaban J connectivity index is 1.91. The van der Waals surface area contributed by atoms with E-state index in [1.807, 2.05) is 0 Å². The lowest BCUT2D eigenvalue weighted by Crippen LogP contribution is -2.48. The van der Waals surface area contributed by atoms with Crippen molar-refractivity contribution in [2.45, 2.75) is 54.3 Å². The third-order valence-corrected chi connectivity index (χ3v) is 6.34. The molecular weight excluding hydrogens is 533 g/mol. The summed E-state index contributed by atoms with van der Waals surface area (Å²) in [5, 5.41) is 0.259. The summed E-state index contributed by atoms with van der Waals surface area (Å²) in [7, 11) is 0. The molecule has 1 heterocycles. The molecule has 2 aromatic carbocycles. The number of aromatic nitrogens is 3. The first-order valence-corrected chi connectivity index (χ1v) is 12.8. The second-order valence-corrected chi connectivity index (χ2v) is 11.4. The van der Waals surface area contributed by atoms with Gasteiger partial charge < -0.3 is 9.64 Å². The number of nitrogens with one attached hydrogen (secondary N) is 1. The van der Waals surface area contributed by atoms with Crippen molar-refractivity contribution in [3.05, 3.63) is 63.5 Å². The van der Waals surface area contributed by atoms with E-state index in [-0.39, 0.29) is 35.2 Å². The maximum atomic E-state index is 13.5. The zero-order valence-corrected chi connectivity index (χ0v) is 23.5. The van der Waals surface area contributed by atoms with Crippen LogP contribution in [0.2, 0.25) is 5.02 Å². The van der Waals surface area contributed by atoms with Crippen LogP contribution in [-0.2, 0) is 11.3 Å². The number of nitrogens with zero attached hydrogens (tertiary/aromatic N) is 3. The van der Waals surface area contributed by atoms with Gasteiger partial charge in [0.15, 0.2) is 5.82 Å². The van der Waals surface area contributed by atoms with Crippen LogP contribution in [0.25, 0.3) is 22.8 Å². The Labute approximate surface area is 230 Å². The summed E-state index contributed by atoms with van der Waals surface area (Å²) in [5.41, 5.74) is -1.76. The number of carbonyl (C=O) groups excluding carboxylic acids is 1.